The zero-order valence-electron chi connectivity index (χ0n) is 21.0. The van der Waals surface area contributed by atoms with E-state index < -0.39 is 4.92 Å². The maximum absolute atomic E-state index is 12.5. The summed E-state index contributed by atoms with van der Waals surface area (Å²) in [5.74, 6) is 0.712. The fraction of sp³-hybridized carbons (Fsp3) is 0.321. The molecule has 0 radical (unpaired) electrons. The molecule has 1 aromatic carbocycles. The van der Waals surface area contributed by atoms with Gasteiger partial charge in [0.2, 0.25) is 0 Å². The second-order valence-electron chi connectivity index (χ2n) is 8.95. The minimum Gasteiger partial charge on any atom is -0.489 e. The topological polar surface area (TPSA) is 91.8 Å². The molecule has 0 saturated heterocycles. The van der Waals surface area contributed by atoms with Crippen LogP contribution in [0.25, 0.3) is 6.08 Å². The zero-order valence-corrected chi connectivity index (χ0v) is 21.0. The number of nitro groups is 1. The maximum atomic E-state index is 12.5. The Kier molecular flexibility index (Phi) is 8.12. The van der Waals surface area contributed by atoms with Gasteiger partial charge in [-0.25, -0.2) is 0 Å². The van der Waals surface area contributed by atoms with Crippen molar-refractivity contribution >= 4 is 11.8 Å². The normalized spacial score (nSPS) is 16.7. The van der Waals surface area contributed by atoms with Crippen molar-refractivity contribution in [2.75, 3.05) is 7.11 Å². The van der Waals surface area contributed by atoms with Gasteiger partial charge in [-0.1, -0.05) is 34.9 Å². The minimum absolute atomic E-state index is 0.0860. The highest BCUT2D eigenvalue weighted by Crippen LogP contribution is 2.35. The van der Waals surface area contributed by atoms with E-state index in [1.807, 2.05) is 19.9 Å². The lowest BCUT2D eigenvalue weighted by molar-refractivity contribution is -0.384. The van der Waals surface area contributed by atoms with Gasteiger partial charge in [-0.2, -0.15) is 0 Å². The summed E-state index contributed by atoms with van der Waals surface area (Å²) in [5, 5.41) is 10.8. The number of methoxy groups -OCH3 is 1. The van der Waals surface area contributed by atoms with E-state index in [4.69, 9.17) is 13.9 Å². The van der Waals surface area contributed by atoms with Gasteiger partial charge in [0.25, 0.3) is 11.6 Å². The average molecular weight is 478 g/mol. The number of allylic oxidation sites excluding steroid dienone is 5. The van der Waals surface area contributed by atoms with Crippen LogP contribution in [-0.4, -0.2) is 12.0 Å². The van der Waals surface area contributed by atoms with E-state index in [-0.39, 0.29) is 23.2 Å². The van der Waals surface area contributed by atoms with Gasteiger partial charge in [-0.05, 0) is 64.3 Å². The van der Waals surface area contributed by atoms with Gasteiger partial charge in [0.05, 0.1) is 23.9 Å². The van der Waals surface area contributed by atoms with Crippen LogP contribution >= 0.6 is 0 Å². The number of non-ortho nitro benzene ring substituents is 1. The molecule has 0 bridgehead atoms. The van der Waals surface area contributed by atoms with Crippen LogP contribution < -0.4 is 10.2 Å². The molecule has 1 atom stereocenters. The number of rotatable bonds is 8. The molecule has 3 rings (SSSR count). The standard InChI is InChI=1S/C28H31NO6/c1-17(11-18(2)13-22-7-9-24(10-8-22)29(31)32)12-19(3)14-23-15-25(34-16-23)27-20(4)26(30)21(5)28(33-6)35-27/h7-10,12-14,16,25H,11,15H2,1-6H3. The lowest BCUT2D eigenvalue weighted by Crippen LogP contribution is -2.15. The number of hydrogen-bond acceptors (Lipinski definition) is 6. The van der Waals surface area contributed by atoms with Crippen LogP contribution in [0, 0.1) is 24.0 Å². The smallest absolute Gasteiger partial charge is 0.291 e. The highest BCUT2D eigenvalue weighted by atomic mass is 16.6. The van der Waals surface area contributed by atoms with E-state index in [1.165, 1.54) is 24.8 Å². The number of nitro benzene ring substituents is 1. The van der Waals surface area contributed by atoms with Crippen molar-refractivity contribution in [2.45, 2.75) is 53.6 Å². The maximum Gasteiger partial charge on any atom is 0.291 e. The van der Waals surface area contributed by atoms with Gasteiger partial charge in [0.1, 0.15) is 0 Å². The van der Waals surface area contributed by atoms with Crippen molar-refractivity contribution in [2.24, 2.45) is 0 Å². The second-order valence-corrected chi connectivity index (χ2v) is 8.95. The summed E-state index contributed by atoms with van der Waals surface area (Å²) in [5.41, 5.74) is 6.35. The molecule has 0 fully saturated rings. The third-order valence-corrected chi connectivity index (χ3v) is 5.80. The Balaban J connectivity index is 1.66. The molecule has 0 saturated carbocycles. The lowest BCUT2D eigenvalue weighted by Gasteiger charge is -2.14. The molecule has 0 spiro atoms. The Bertz CT molecular complexity index is 1290. The molecule has 2 heterocycles. The molecule has 0 amide bonds. The van der Waals surface area contributed by atoms with Crippen molar-refractivity contribution in [1.29, 1.82) is 0 Å². The first-order valence-electron chi connectivity index (χ1n) is 11.4. The SMILES string of the molecule is COc1oc(C2CC(C=C(C)C=C(C)CC(C)=Cc3ccc([N+](=O)[O-])cc3)=CO2)c(C)c(=O)c1C. The molecule has 0 N–H and O–H groups in total. The summed E-state index contributed by atoms with van der Waals surface area (Å²) in [6.07, 6.45) is 8.95. The highest BCUT2D eigenvalue weighted by molar-refractivity contribution is 5.55. The molecular weight excluding hydrogens is 446 g/mol. The predicted octanol–water partition coefficient (Wildman–Crippen LogP) is 6.90. The molecule has 184 valence electrons. The number of nitrogens with zero attached hydrogens (tertiary/aromatic N) is 1. The Morgan fingerprint density at radius 1 is 1.11 bits per heavy atom. The molecule has 2 aromatic rings. The molecule has 1 unspecified atom stereocenters. The second kappa shape index (κ2) is 11.0. The molecule has 7 nitrogen and oxygen atoms in total. The van der Waals surface area contributed by atoms with Gasteiger partial charge >= 0.3 is 0 Å². The lowest BCUT2D eigenvalue weighted by atomic mass is 10.0. The molecule has 0 aliphatic carbocycles. The van der Waals surface area contributed by atoms with Crippen molar-refractivity contribution in [3.05, 3.63) is 108 Å². The fourth-order valence-electron chi connectivity index (χ4n) is 4.21. The highest BCUT2D eigenvalue weighted by Gasteiger charge is 2.27. The first kappa shape index (κ1) is 25.7. The van der Waals surface area contributed by atoms with Gasteiger partial charge in [-0.15, -0.1) is 0 Å². The summed E-state index contributed by atoms with van der Waals surface area (Å²) in [7, 11) is 1.48. The third kappa shape index (κ3) is 6.38. The zero-order chi connectivity index (χ0) is 25.7. The van der Waals surface area contributed by atoms with Crippen molar-refractivity contribution in [3.63, 3.8) is 0 Å². The van der Waals surface area contributed by atoms with Crippen LogP contribution in [0.1, 0.15) is 62.2 Å². The summed E-state index contributed by atoms with van der Waals surface area (Å²) in [4.78, 5) is 22.9. The van der Waals surface area contributed by atoms with Crippen LogP contribution in [0.4, 0.5) is 5.69 Å². The molecule has 1 aliphatic heterocycles. The van der Waals surface area contributed by atoms with Gasteiger partial charge < -0.3 is 13.9 Å². The largest absolute Gasteiger partial charge is 0.489 e. The van der Waals surface area contributed by atoms with E-state index in [9.17, 15) is 14.9 Å². The van der Waals surface area contributed by atoms with Crippen molar-refractivity contribution in [3.8, 4) is 5.95 Å². The summed E-state index contributed by atoms with van der Waals surface area (Å²) in [6.45, 7) is 9.58. The van der Waals surface area contributed by atoms with E-state index in [0.29, 0.717) is 23.3 Å². The quantitative estimate of drug-likeness (QED) is 0.233. The van der Waals surface area contributed by atoms with Crippen LogP contribution in [-0.2, 0) is 4.74 Å². The summed E-state index contributed by atoms with van der Waals surface area (Å²) in [6, 6.07) is 6.53. The summed E-state index contributed by atoms with van der Waals surface area (Å²) >= 11 is 0. The summed E-state index contributed by atoms with van der Waals surface area (Å²) < 4.78 is 16.9. The van der Waals surface area contributed by atoms with Crippen molar-refractivity contribution in [1.82, 2.24) is 0 Å². The van der Waals surface area contributed by atoms with Crippen LogP contribution in [0.3, 0.4) is 0 Å². The molecular formula is C28H31NO6. The molecule has 1 aliphatic rings. The number of ether oxygens (including phenoxy) is 2. The molecule has 35 heavy (non-hydrogen) atoms. The molecule has 1 aromatic heterocycles. The van der Waals surface area contributed by atoms with E-state index >= 15 is 0 Å². The first-order valence-corrected chi connectivity index (χ1v) is 11.4. The van der Waals surface area contributed by atoms with E-state index in [1.54, 1.807) is 32.2 Å². The van der Waals surface area contributed by atoms with Crippen LogP contribution in [0.5, 0.6) is 5.95 Å². The molecule has 7 heteroatoms. The predicted molar refractivity (Wildman–Crippen MR) is 136 cm³/mol. The van der Waals surface area contributed by atoms with Crippen LogP contribution in [0.15, 0.2) is 74.2 Å². The van der Waals surface area contributed by atoms with Crippen molar-refractivity contribution < 1.29 is 18.8 Å². The monoisotopic (exact) mass is 477 g/mol. The van der Waals surface area contributed by atoms with E-state index in [2.05, 4.69) is 19.1 Å². The van der Waals surface area contributed by atoms with Crippen LogP contribution in [0.2, 0.25) is 0 Å². The Morgan fingerprint density at radius 3 is 2.43 bits per heavy atom. The average Bonchev–Trinajstić information content (AvgIpc) is 3.25. The minimum atomic E-state index is -0.399. The Morgan fingerprint density at radius 2 is 1.80 bits per heavy atom. The van der Waals surface area contributed by atoms with Gasteiger partial charge in [-0.3, -0.25) is 14.9 Å². The first-order chi connectivity index (χ1) is 16.6. The Hall–Kier alpha value is -3.87. The third-order valence-electron chi connectivity index (χ3n) is 5.80. The number of benzene rings is 1. The van der Waals surface area contributed by atoms with Gasteiger partial charge in [0, 0.05) is 24.1 Å². The Labute approximate surface area is 205 Å². The fourth-order valence-corrected chi connectivity index (χ4v) is 4.21. The van der Waals surface area contributed by atoms with E-state index in [0.717, 1.165) is 28.7 Å². The number of hydrogen-bond donors (Lipinski definition) is 0. The van der Waals surface area contributed by atoms with Gasteiger partial charge in [0.15, 0.2) is 17.3 Å².